The van der Waals surface area contributed by atoms with Crippen molar-refractivity contribution in [2.24, 2.45) is 0 Å². The SMILES string of the molecule is O=S(=O)(Cc1ccccc1)N1CCC1CBr. The van der Waals surface area contributed by atoms with Crippen molar-refractivity contribution < 1.29 is 8.42 Å². The molecule has 1 aromatic carbocycles. The van der Waals surface area contributed by atoms with E-state index in [1.165, 1.54) is 0 Å². The Hall–Kier alpha value is -0.390. The molecule has 1 unspecified atom stereocenters. The molecule has 2 rings (SSSR count). The molecular formula is C11H14BrNO2S. The lowest BCUT2D eigenvalue weighted by atomic mass is 10.1. The largest absolute Gasteiger partial charge is 0.218 e. The zero-order chi connectivity index (χ0) is 11.6. The van der Waals surface area contributed by atoms with Crippen LogP contribution in [0.5, 0.6) is 0 Å². The summed E-state index contributed by atoms with van der Waals surface area (Å²) in [5.74, 6) is 0.108. The molecule has 1 saturated heterocycles. The van der Waals surface area contributed by atoms with Crippen LogP contribution < -0.4 is 0 Å². The summed E-state index contributed by atoms with van der Waals surface area (Å²) >= 11 is 3.34. The highest BCUT2D eigenvalue weighted by Crippen LogP contribution is 2.25. The van der Waals surface area contributed by atoms with Gasteiger partial charge in [0.1, 0.15) is 0 Å². The predicted molar refractivity (Wildman–Crippen MR) is 68.0 cm³/mol. The molecule has 1 fully saturated rings. The molecule has 0 aromatic heterocycles. The summed E-state index contributed by atoms with van der Waals surface area (Å²) in [6.45, 7) is 0.658. The van der Waals surface area contributed by atoms with Crippen LogP contribution in [0.1, 0.15) is 12.0 Å². The molecule has 0 aliphatic carbocycles. The Balaban J connectivity index is 2.09. The first-order valence-electron chi connectivity index (χ1n) is 5.23. The van der Waals surface area contributed by atoms with E-state index in [0.29, 0.717) is 6.54 Å². The van der Waals surface area contributed by atoms with E-state index in [0.717, 1.165) is 17.3 Å². The third kappa shape index (κ3) is 2.47. The van der Waals surface area contributed by atoms with Gasteiger partial charge in [-0.1, -0.05) is 46.3 Å². The molecule has 0 spiro atoms. The molecule has 16 heavy (non-hydrogen) atoms. The monoisotopic (exact) mass is 303 g/mol. The van der Waals surface area contributed by atoms with Crippen LogP contribution in [-0.4, -0.2) is 30.6 Å². The summed E-state index contributed by atoms with van der Waals surface area (Å²) in [6.07, 6.45) is 0.958. The maximum Gasteiger partial charge on any atom is 0.218 e. The van der Waals surface area contributed by atoms with Crippen LogP contribution in [0.15, 0.2) is 30.3 Å². The second-order valence-corrected chi connectivity index (χ2v) is 6.52. The van der Waals surface area contributed by atoms with E-state index < -0.39 is 10.0 Å². The van der Waals surface area contributed by atoms with Gasteiger partial charge in [0.2, 0.25) is 10.0 Å². The fourth-order valence-corrected chi connectivity index (χ4v) is 4.47. The van der Waals surface area contributed by atoms with Gasteiger partial charge < -0.3 is 0 Å². The standard InChI is InChI=1S/C11H14BrNO2S/c12-8-11-6-7-13(11)16(14,15)9-10-4-2-1-3-5-10/h1-5,11H,6-9H2. The van der Waals surface area contributed by atoms with Gasteiger partial charge in [0.15, 0.2) is 0 Å². The summed E-state index contributed by atoms with van der Waals surface area (Å²) in [6, 6.07) is 9.46. The van der Waals surface area contributed by atoms with E-state index in [2.05, 4.69) is 15.9 Å². The van der Waals surface area contributed by atoms with Crippen LogP contribution in [0, 0.1) is 0 Å². The van der Waals surface area contributed by atoms with E-state index in [1.54, 1.807) is 4.31 Å². The van der Waals surface area contributed by atoms with E-state index in [1.807, 2.05) is 30.3 Å². The van der Waals surface area contributed by atoms with E-state index >= 15 is 0 Å². The molecule has 0 bridgehead atoms. The van der Waals surface area contributed by atoms with Gasteiger partial charge in [-0.2, -0.15) is 4.31 Å². The summed E-state index contributed by atoms with van der Waals surface area (Å²) < 4.78 is 25.7. The molecule has 1 aliphatic rings. The second-order valence-electron chi connectivity index (χ2n) is 3.95. The first kappa shape index (κ1) is 12.1. The number of halogens is 1. The van der Waals surface area contributed by atoms with Crippen molar-refractivity contribution >= 4 is 26.0 Å². The summed E-state index contributed by atoms with van der Waals surface area (Å²) in [5.41, 5.74) is 0.850. The molecule has 0 radical (unpaired) electrons. The average Bonchev–Trinajstić information content (AvgIpc) is 2.16. The van der Waals surface area contributed by atoms with Crippen molar-refractivity contribution in [1.82, 2.24) is 4.31 Å². The molecule has 88 valence electrons. The van der Waals surface area contributed by atoms with E-state index in [4.69, 9.17) is 0 Å². The van der Waals surface area contributed by atoms with Gasteiger partial charge in [-0.15, -0.1) is 0 Å². The minimum absolute atomic E-state index is 0.108. The number of benzene rings is 1. The molecule has 3 nitrogen and oxygen atoms in total. The Bertz CT molecular complexity index is 444. The van der Waals surface area contributed by atoms with Crippen molar-refractivity contribution in [3.63, 3.8) is 0 Å². The lowest BCUT2D eigenvalue weighted by Gasteiger charge is -2.38. The molecule has 1 heterocycles. The Morgan fingerprint density at radius 3 is 2.50 bits per heavy atom. The van der Waals surface area contributed by atoms with Crippen molar-refractivity contribution in [3.8, 4) is 0 Å². The fourth-order valence-electron chi connectivity index (χ4n) is 1.81. The van der Waals surface area contributed by atoms with Crippen molar-refractivity contribution in [2.75, 3.05) is 11.9 Å². The number of hydrogen-bond acceptors (Lipinski definition) is 2. The van der Waals surface area contributed by atoms with Crippen molar-refractivity contribution in [3.05, 3.63) is 35.9 Å². The first-order chi connectivity index (χ1) is 7.63. The summed E-state index contributed by atoms with van der Waals surface area (Å²) in [4.78, 5) is 0. The maximum absolute atomic E-state index is 12.1. The number of rotatable bonds is 4. The van der Waals surface area contributed by atoms with E-state index in [9.17, 15) is 8.42 Å². The predicted octanol–water partition coefficient (Wildman–Crippen LogP) is 1.99. The Morgan fingerprint density at radius 2 is 2.00 bits per heavy atom. The molecule has 5 heteroatoms. The number of nitrogens with zero attached hydrogens (tertiary/aromatic N) is 1. The maximum atomic E-state index is 12.1. The molecular weight excluding hydrogens is 290 g/mol. The zero-order valence-electron chi connectivity index (χ0n) is 8.84. The van der Waals surface area contributed by atoms with Gasteiger partial charge >= 0.3 is 0 Å². The second kappa shape index (κ2) is 4.85. The van der Waals surface area contributed by atoms with Crippen LogP contribution in [-0.2, 0) is 15.8 Å². The zero-order valence-corrected chi connectivity index (χ0v) is 11.2. The highest BCUT2D eigenvalue weighted by molar-refractivity contribution is 9.09. The molecule has 1 aromatic rings. The lowest BCUT2D eigenvalue weighted by Crippen LogP contribution is -2.52. The van der Waals surface area contributed by atoms with Crippen LogP contribution in [0.25, 0.3) is 0 Å². The molecule has 0 N–H and O–H groups in total. The Labute approximate surface area is 105 Å². The van der Waals surface area contributed by atoms with Gasteiger partial charge in [0.25, 0.3) is 0 Å². The quantitative estimate of drug-likeness (QED) is 0.798. The first-order valence-corrected chi connectivity index (χ1v) is 7.96. The number of alkyl halides is 1. The average molecular weight is 304 g/mol. The Morgan fingerprint density at radius 1 is 1.31 bits per heavy atom. The van der Waals surface area contributed by atoms with Crippen LogP contribution >= 0.6 is 15.9 Å². The van der Waals surface area contributed by atoms with Gasteiger partial charge in [-0.05, 0) is 12.0 Å². The van der Waals surface area contributed by atoms with Crippen molar-refractivity contribution in [1.29, 1.82) is 0 Å². The summed E-state index contributed by atoms with van der Waals surface area (Å²) in [7, 11) is -3.13. The molecule has 0 amide bonds. The molecule has 1 atom stereocenters. The van der Waals surface area contributed by atoms with Gasteiger partial charge in [0, 0.05) is 17.9 Å². The van der Waals surface area contributed by atoms with Gasteiger partial charge in [0.05, 0.1) is 5.75 Å². The molecule has 0 saturated carbocycles. The molecule has 1 aliphatic heterocycles. The third-order valence-electron chi connectivity index (χ3n) is 2.82. The smallest absolute Gasteiger partial charge is 0.212 e. The minimum atomic E-state index is -3.13. The number of sulfonamides is 1. The highest BCUT2D eigenvalue weighted by atomic mass is 79.9. The fraction of sp³-hybridized carbons (Fsp3) is 0.455. The van der Waals surface area contributed by atoms with Gasteiger partial charge in [-0.3, -0.25) is 0 Å². The van der Waals surface area contributed by atoms with Crippen molar-refractivity contribution in [2.45, 2.75) is 18.2 Å². The van der Waals surface area contributed by atoms with Crippen LogP contribution in [0.2, 0.25) is 0 Å². The summed E-state index contributed by atoms with van der Waals surface area (Å²) in [5, 5.41) is 0.723. The highest BCUT2D eigenvalue weighted by Gasteiger charge is 2.36. The van der Waals surface area contributed by atoms with Gasteiger partial charge in [-0.25, -0.2) is 8.42 Å². The number of hydrogen-bond donors (Lipinski definition) is 0. The lowest BCUT2D eigenvalue weighted by molar-refractivity contribution is 0.222. The minimum Gasteiger partial charge on any atom is -0.212 e. The normalized spacial score (nSPS) is 21.7. The van der Waals surface area contributed by atoms with Crippen LogP contribution in [0.4, 0.5) is 0 Å². The third-order valence-corrected chi connectivity index (χ3v) is 5.46. The topological polar surface area (TPSA) is 37.4 Å². The Kier molecular flexibility index (Phi) is 3.66. The van der Waals surface area contributed by atoms with Crippen LogP contribution in [0.3, 0.4) is 0 Å². The van der Waals surface area contributed by atoms with E-state index in [-0.39, 0.29) is 11.8 Å².